The molecule has 0 saturated carbocycles. The van der Waals surface area contributed by atoms with Crippen LogP contribution in [0, 0.1) is 0 Å². The highest BCUT2D eigenvalue weighted by Gasteiger charge is 2.33. The fourth-order valence-corrected chi connectivity index (χ4v) is 3.66. The first-order valence-corrected chi connectivity index (χ1v) is 7.76. The minimum Gasteiger partial charge on any atom is -0.478 e. The zero-order valence-corrected chi connectivity index (χ0v) is 11.9. The molecule has 0 amide bonds. The minimum atomic E-state index is -3.77. The Morgan fingerprint density at radius 2 is 2.20 bits per heavy atom. The van der Waals surface area contributed by atoms with Crippen molar-refractivity contribution in [2.75, 3.05) is 13.2 Å². The summed E-state index contributed by atoms with van der Waals surface area (Å²) in [5.41, 5.74) is -0.714. The second-order valence-corrected chi connectivity index (χ2v) is 6.84. The third-order valence-electron chi connectivity index (χ3n) is 3.21. The van der Waals surface area contributed by atoms with Crippen molar-refractivity contribution in [1.82, 2.24) is 4.72 Å². The van der Waals surface area contributed by atoms with Gasteiger partial charge in [0.25, 0.3) is 0 Å². The van der Waals surface area contributed by atoms with Crippen LogP contribution in [0.15, 0.2) is 29.2 Å². The SMILES string of the molecule is CC1(NS(=O)(=O)c2cccc(C(=O)O)c2)CCCOC1. The van der Waals surface area contributed by atoms with Gasteiger partial charge in [0.1, 0.15) is 0 Å². The Kier molecular flexibility index (Phi) is 4.12. The molecule has 0 bridgehead atoms. The molecule has 110 valence electrons. The van der Waals surface area contributed by atoms with Gasteiger partial charge in [-0.1, -0.05) is 6.07 Å². The smallest absolute Gasteiger partial charge is 0.335 e. The molecule has 1 aliphatic rings. The number of ether oxygens (including phenoxy) is 1. The van der Waals surface area contributed by atoms with Gasteiger partial charge in [0.2, 0.25) is 10.0 Å². The van der Waals surface area contributed by atoms with Crippen molar-refractivity contribution in [1.29, 1.82) is 0 Å². The molecule has 1 heterocycles. The Morgan fingerprint density at radius 1 is 1.45 bits per heavy atom. The number of carbonyl (C=O) groups is 1. The zero-order chi connectivity index (χ0) is 14.8. The fraction of sp³-hybridized carbons (Fsp3) is 0.462. The van der Waals surface area contributed by atoms with E-state index < -0.39 is 21.5 Å². The number of nitrogens with one attached hydrogen (secondary N) is 1. The standard InChI is InChI=1S/C13H17NO5S/c1-13(6-3-7-19-9-13)14-20(17,18)11-5-2-4-10(8-11)12(15)16/h2,4-5,8,14H,3,6-7,9H2,1H3,(H,15,16). The molecular weight excluding hydrogens is 282 g/mol. The lowest BCUT2D eigenvalue weighted by atomic mass is 9.97. The van der Waals surface area contributed by atoms with Crippen LogP contribution in [-0.2, 0) is 14.8 Å². The molecule has 1 saturated heterocycles. The maximum Gasteiger partial charge on any atom is 0.335 e. The summed E-state index contributed by atoms with van der Waals surface area (Å²) in [5.74, 6) is -1.16. The van der Waals surface area contributed by atoms with Crippen LogP contribution in [0.3, 0.4) is 0 Å². The highest BCUT2D eigenvalue weighted by Crippen LogP contribution is 2.22. The molecule has 20 heavy (non-hydrogen) atoms. The normalized spacial score (nSPS) is 23.4. The molecule has 0 spiro atoms. The molecule has 1 unspecified atom stereocenters. The summed E-state index contributed by atoms with van der Waals surface area (Å²) in [5, 5.41) is 8.91. The lowest BCUT2D eigenvalue weighted by Gasteiger charge is -2.33. The highest BCUT2D eigenvalue weighted by molar-refractivity contribution is 7.89. The van der Waals surface area contributed by atoms with Gasteiger partial charge in [0.05, 0.1) is 22.6 Å². The largest absolute Gasteiger partial charge is 0.478 e. The number of sulfonamides is 1. The van der Waals surface area contributed by atoms with Crippen molar-refractivity contribution in [2.45, 2.75) is 30.2 Å². The van der Waals surface area contributed by atoms with Gasteiger partial charge in [-0.25, -0.2) is 17.9 Å². The van der Waals surface area contributed by atoms with E-state index in [1.807, 2.05) is 0 Å². The predicted octanol–water partition coefficient (Wildman–Crippen LogP) is 1.23. The van der Waals surface area contributed by atoms with Gasteiger partial charge >= 0.3 is 5.97 Å². The minimum absolute atomic E-state index is 0.0517. The topological polar surface area (TPSA) is 92.7 Å². The van der Waals surface area contributed by atoms with Crippen molar-refractivity contribution in [2.24, 2.45) is 0 Å². The molecule has 1 aromatic rings. The van der Waals surface area contributed by atoms with E-state index in [4.69, 9.17) is 9.84 Å². The number of hydrogen-bond acceptors (Lipinski definition) is 4. The highest BCUT2D eigenvalue weighted by atomic mass is 32.2. The predicted molar refractivity (Wildman–Crippen MR) is 72.2 cm³/mol. The quantitative estimate of drug-likeness (QED) is 0.872. The Morgan fingerprint density at radius 3 is 2.80 bits per heavy atom. The van der Waals surface area contributed by atoms with E-state index >= 15 is 0 Å². The first-order valence-electron chi connectivity index (χ1n) is 6.28. The van der Waals surface area contributed by atoms with Crippen LogP contribution < -0.4 is 4.72 Å². The van der Waals surface area contributed by atoms with Gasteiger partial charge in [-0.15, -0.1) is 0 Å². The summed E-state index contributed by atoms with van der Waals surface area (Å²) >= 11 is 0. The van der Waals surface area contributed by atoms with E-state index in [2.05, 4.69) is 4.72 Å². The molecule has 0 radical (unpaired) electrons. The van der Waals surface area contributed by atoms with Crippen LogP contribution in [0.5, 0.6) is 0 Å². The number of benzene rings is 1. The molecule has 2 N–H and O–H groups in total. The van der Waals surface area contributed by atoms with Crippen molar-refractivity contribution in [3.63, 3.8) is 0 Å². The summed E-state index contributed by atoms with van der Waals surface area (Å²) in [6.07, 6.45) is 1.47. The second-order valence-electron chi connectivity index (χ2n) is 5.16. The summed E-state index contributed by atoms with van der Waals surface area (Å²) in [7, 11) is -3.77. The zero-order valence-electron chi connectivity index (χ0n) is 11.1. The monoisotopic (exact) mass is 299 g/mol. The van der Waals surface area contributed by atoms with E-state index in [1.54, 1.807) is 6.92 Å². The second kappa shape index (κ2) is 5.51. The number of carboxylic acid groups (broad SMARTS) is 1. The molecular formula is C13H17NO5S. The maximum atomic E-state index is 12.3. The summed E-state index contributed by atoms with van der Waals surface area (Å²) in [4.78, 5) is 10.8. The number of rotatable bonds is 4. The third-order valence-corrected chi connectivity index (χ3v) is 4.85. The van der Waals surface area contributed by atoms with E-state index in [0.29, 0.717) is 19.6 Å². The molecule has 1 aromatic carbocycles. The molecule has 2 rings (SSSR count). The van der Waals surface area contributed by atoms with Gasteiger partial charge < -0.3 is 9.84 Å². The van der Waals surface area contributed by atoms with Crippen molar-refractivity contribution < 1.29 is 23.1 Å². The summed E-state index contributed by atoms with van der Waals surface area (Å²) in [6.45, 7) is 2.72. The summed E-state index contributed by atoms with van der Waals surface area (Å²) in [6, 6.07) is 5.30. The summed E-state index contributed by atoms with van der Waals surface area (Å²) < 4.78 is 32.6. The van der Waals surface area contributed by atoms with Gasteiger partial charge in [0.15, 0.2) is 0 Å². The Bertz CT molecular complexity index is 605. The van der Waals surface area contributed by atoms with Crippen LogP contribution in [0.1, 0.15) is 30.1 Å². The van der Waals surface area contributed by atoms with Crippen LogP contribution in [0.4, 0.5) is 0 Å². The van der Waals surface area contributed by atoms with E-state index in [1.165, 1.54) is 18.2 Å². The first-order chi connectivity index (χ1) is 9.32. The van der Waals surface area contributed by atoms with Crippen LogP contribution in [-0.4, -0.2) is 38.2 Å². The van der Waals surface area contributed by atoms with E-state index in [-0.39, 0.29) is 10.5 Å². The van der Waals surface area contributed by atoms with Gasteiger partial charge in [-0.05, 0) is 38.0 Å². The molecule has 0 aromatic heterocycles. The molecule has 7 heteroatoms. The van der Waals surface area contributed by atoms with Crippen molar-refractivity contribution in [3.8, 4) is 0 Å². The Hall–Kier alpha value is -1.44. The van der Waals surface area contributed by atoms with Crippen molar-refractivity contribution >= 4 is 16.0 Å². The van der Waals surface area contributed by atoms with E-state index in [0.717, 1.165) is 12.5 Å². The van der Waals surface area contributed by atoms with Gasteiger partial charge in [-0.3, -0.25) is 0 Å². The number of hydrogen-bond donors (Lipinski definition) is 2. The number of aromatic carboxylic acids is 1. The molecule has 6 nitrogen and oxygen atoms in total. The van der Waals surface area contributed by atoms with Crippen LogP contribution >= 0.6 is 0 Å². The van der Waals surface area contributed by atoms with E-state index in [9.17, 15) is 13.2 Å². The lowest BCUT2D eigenvalue weighted by Crippen LogP contribution is -2.51. The van der Waals surface area contributed by atoms with Gasteiger partial charge in [-0.2, -0.15) is 0 Å². The van der Waals surface area contributed by atoms with Crippen LogP contribution in [0.25, 0.3) is 0 Å². The first kappa shape index (κ1) is 15.0. The molecule has 1 aliphatic heterocycles. The van der Waals surface area contributed by atoms with Crippen LogP contribution in [0.2, 0.25) is 0 Å². The molecule has 1 atom stereocenters. The number of carboxylic acids is 1. The molecule has 0 aliphatic carbocycles. The molecule has 1 fully saturated rings. The average molecular weight is 299 g/mol. The average Bonchev–Trinajstić information content (AvgIpc) is 2.38. The lowest BCUT2D eigenvalue weighted by molar-refractivity contribution is 0.0386. The Balaban J connectivity index is 2.26. The van der Waals surface area contributed by atoms with Gasteiger partial charge in [0, 0.05) is 6.61 Å². The Labute approximate surface area is 117 Å². The fourth-order valence-electron chi connectivity index (χ4n) is 2.19. The maximum absolute atomic E-state index is 12.3. The third kappa shape index (κ3) is 3.36. The van der Waals surface area contributed by atoms with Crippen molar-refractivity contribution in [3.05, 3.63) is 29.8 Å².